The van der Waals surface area contributed by atoms with Crippen molar-refractivity contribution in [2.24, 2.45) is 0 Å². The summed E-state index contributed by atoms with van der Waals surface area (Å²) in [6, 6.07) is 11.8. The first-order valence-electron chi connectivity index (χ1n) is 6.54. The van der Waals surface area contributed by atoms with E-state index in [1.54, 1.807) is 12.5 Å². The molecule has 0 spiro atoms. The van der Waals surface area contributed by atoms with Crippen molar-refractivity contribution in [3.63, 3.8) is 0 Å². The number of ether oxygens (including phenoxy) is 1. The number of fused-ring (bicyclic) bond motifs is 1. The van der Waals surface area contributed by atoms with E-state index in [-0.39, 0.29) is 0 Å². The number of hydrogen-bond donors (Lipinski definition) is 1. The van der Waals surface area contributed by atoms with E-state index in [4.69, 9.17) is 9.15 Å². The van der Waals surface area contributed by atoms with Crippen LogP contribution in [0.15, 0.2) is 53.3 Å². The van der Waals surface area contributed by atoms with Crippen LogP contribution in [0.1, 0.15) is 11.3 Å². The Morgan fingerprint density at radius 3 is 3.10 bits per heavy atom. The highest BCUT2D eigenvalue weighted by Gasteiger charge is 2.05. The van der Waals surface area contributed by atoms with Crippen molar-refractivity contribution < 1.29 is 9.15 Å². The zero-order chi connectivity index (χ0) is 13.8. The van der Waals surface area contributed by atoms with Gasteiger partial charge in [0.1, 0.15) is 18.1 Å². The fourth-order valence-corrected chi connectivity index (χ4v) is 2.15. The highest BCUT2D eigenvalue weighted by Crippen LogP contribution is 2.24. The van der Waals surface area contributed by atoms with Gasteiger partial charge >= 0.3 is 0 Å². The summed E-state index contributed by atoms with van der Waals surface area (Å²) in [5, 5.41) is 4.10. The van der Waals surface area contributed by atoms with Crippen LogP contribution in [0.4, 0.5) is 0 Å². The Morgan fingerprint density at radius 1 is 1.25 bits per heavy atom. The van der Waals surface area contributed by atoms with E-state index in [0.29, 0.717) is 6.61 Å². The Labute approximate surface area is 117 Å². The van der Waals surface area contributed by atoms with Gasteiger partial charge in [-0.05, 0) is 37.4 Å². The van der Waals surface area contributed by atoms with Crippen LogP contribution in [-0.2, 0) is 13.2 Å². The summed E-state index contributed by atoms with van der Waals surface area (Å²) >= 11 is 0. The molecular formula is C16H16N2O2. The van der Waals surface area contributed by atoms with Crippen LogP contribution < -0.4 is 10.1 Å². The molecule has 0 aliphatic rings. The van der Waals surface area contributed by atoms with Gasteiger partial charge in [-0.3, -0.25) is 4.98 Å². The number of pyridine rings is 1. The third-order valence-electron chi connectivity index (χ3n) is 3.06. The second kappa shape index (κ2) is 5.75. The van der Waals surface area contributed by atoms with E-state index < -0.39 is 0 Å². The van der Waals surface area contributed by atoms with Crippen molar-refractivity contribution in [2.45, 2.75) is 13.2 Å². The summed E-state index contributed by atoms with van der Waals surface area (Å²) in [6.07, 6.45) is 3.53. The third-order valence-corrected chi connectivity index (χ3v) is 3.06. The minimum absolute atomic E-state index is 0.414. The molecule has 0 aliphatic carbocycles. The van der Waals surface area contributed by atoms with Crippen molar-refractivity contribution in [2.75, 3.05) is 7.05 Å². The van der Waals surface area contributed by atoms with Crippen molar-refractivity contribution in [3.05, 3.63) is 60.2 Å². The Kier molecular flexibility index (Phi) is 3.65. The molecule has 0 atom stereocenters. The second-order valence-corrected chi connectivity index (χ2v) is 4.57. The van der Waals surface area contributed by atoms with Crippen LogP contribution in [0.2, 0.25) is 0 Å². The number of aromatic nitrogens is 1. The normalized spacial score (nSPS) is 10.8. The average molecular weight is 268 g/mol. The Morgan fingerprint density at radius 2 is 2.20 bits per heavy atom. The topological polar surface area (TPSA) is 47.3 Å². The predicted molar refractivity (Wildman–Crippen MR) is 77.5 cm³/mol. The quantitative estimate of drug-likeness (QED) is 0.772. The van der Waals surface area contributed by atoms with E-state index >= 15 is 0 Å². The van der Waals surface area contributed by atoms with Gasteiger partial charge < -0.3 is 14.5 Å². The first-order valence-corrected chi connectivity index (χ1v) is 6.54. The molecule has 3 rings (SSSR count). The van der Waals surface area contributed by atoms with Crippen LogP contribution in [0.25, 0.3) is 10.9 Å². The fraction of sp³-hybridized carbons (Fsp3) is 0.188. The van der Waals surface area contributed by atoms with Gasteiger partial charge in [0.2, 0.25) is 0 Å². The Balaban J connectivity index is 1.76. The summed E-state index contributed by atoms with van der Waals surface area (Å²) in [6.45, 7) is 1.21. The van der Waals surface area contributed by atoms with Gasteiger partial charge in [0.05, 0.1) is 11.8 Å². The standard InChI is InChI=1S/C16H16N2O2/c1-17-9-12-8-13(19-10-12)11-20-16-6-2-5-15-14(16)4-3-7-18-15/h2-8,10,17H,9,11H2,1H3. The number of nitrogens with zero attached hydrogens (tertiary/aromatic N) is 1. The van der Waals surface area contributed by atoms with Gasteiger partial charge in [0.15, 0.2) is 0 Å². The third kappa shape index (κ3) is 2.65. The molecule has 0 saturated carbocycles. The van der Waals surface area contributed by atoms with Crippen LogP contribution in [0.5, 0.6) is 5.75 Å². The Hall–Kier alpha value is -2.33. The van der Waals surface area contributed by atoms with Crippen LogP contribution in [0, 0.1) is 0 Å². The summed E-state index contributed by atoms with van der Waals surface area (Å²) in [5.74, 6) is 1.64. The smallest absolute Gasteiger partial charge is 0.146 e. The van der Waals surface area contributed by atoms with E-state index in [1.165, 1.54) is 0 Å². The highest BCUT2D eigenvalue weighted by molar-refractivity contribution is 5.84. The van der Waals surface area contributed by atoms with Gasteiger partial charge in [-0.2, -0.15) is 0 Å². The van der Waals surface area contributed by atoms with Gasteiger partial charge in [-0.1, -0.05) is 6.07 Å². The molecule has 0 radical (unpaired) electrons. The van der Waals surface area contributed by atoms with Crippen molar-refractivity contribution >= 4 is 10.9 Å². The lowest BCUT2D eigenvalue weighted by Crippen LogP contribution is -2.03. The van der Waals surface area contributed by atoms with E-state index in [2.05, 4.69) is 10.3 Å². The van der Waals surface area contributed by atoms with Crippen LogP contribution in [0.3, 0.4) is 0 Å². The molecule has 20 heavy (non-hydrogen) atoms. The molecule has 1 aromatic carbocycles. The minimum Gasteiger partial charge on any atom is -0.485 e. The van der Waals surface area contributed by atoms with Crippen molar-refractivity contribution in [1.82, 2.24) is 10.3 Å². The summed E-state index contributed by atoms with van der Waals surface area (Å²) in [7, 11) is 1.91. The molecule has 102 valence electrons. The monoisotopic (exact) mass is 268 g/mol. The first-order chi connectivity index (χ1) is 9.86. The number of benzene rings is 1. The lowest BCUT2D eigenvalue weighted by Gasteiger charge is -2.07. The highest BCUT2D eigenvalue weighted by atomic mass is 16.5. The molecule has 0 amide bonds. The predicted octanol–water partition coefficient (Wildman–Crippen LogP) is 3.13. The van der Waals surface area contributed by atoms with Gasteiger partial charge in [0, 0.05) is 23.7 Å². The number of nitrogens with one attached hydrogen (secondary N) is 1. The summed E-state index contributed by atoms with van der Waals surface area (Å²) in [4.78, 5) is 4.31. The molecule has 0 saturated heterocycles. The van der Waals surface area contributed by atoms with Crippen LogP contribution >= 0.6 is 0 Å². The molecule has 0 fully saturated rings. The van der Waals surface area contributed by atoms with E-state index in [0.717, 1.165) is 34.5 Å². The van der Waals surface area contributed by atoms with Gasteiger partial charge in [-0.25, -0.2) is 0 Å². The molecule has 1 N–H and O–H groups in total. The number of rotatable bonds is 5. The lowest BCUT2D eigenvalue weighted by atomic mass is 10.2. The maximum atomic E-state index is 5.84. The minimum atomic E-state index is 0.414. The first kappa shape index (κ1) is 12.7. The molecule has 4 heteroatoms. The fourth-order valence-electron chi connectivity index (χ4n) is 2.15. The lowest BCUT2D eigenvalue weighted by molar-refractivity contribution is 0.273. The largest absolute Gasteiger partial charge is 0.485 e. The van der Waals surface area contributed by atoms with Crippen molar-refractivity contribution in [3.8, 4) is 5.75 Å². The number of furan rings is 1. The second-order valence-electron chi connectivity index (χ2n) is 4.57. The summed E-state index contributed by atoms with van der Waals surface area (Å²) in [5.41, 5.74) is 2.05. The molecule has 0 unspecified atom stereocenters. The van der Waals surface area contributed by atoms with E-state index in [9.17, 15) is 0 Å². The molecule has 0 bridgehead atoms. The summed E-state index contributed by atoms with van der Waals surface area (Å²) < 4.78 is 11.3. The van der Waals surface area contributed by atoms with Gasteiger partial charge in [-0.15, -0.1) is 0 Å². The zero-order valence-electron chi connectivity index (χ0n) is 11.3. The molecule has 2 heterocycles. The zero-order valence-corrected chi connectivity index (χ0v) is 11.3. The van der Waals surface area contributed by atoms with Gasteiger partial charge in [0.25, 0.3) is 0 Å². The van der Waals surface area contributed by atoms with Crippen LogP contribution in [-0.4, -0.2) is 12.0 Å². The average Bonchev–Trinajstić information content (AvgIpc) is 2.93. The SMILES string of the molecule is CNCc1coc(COc2cccc3ncccc23)c1. The molecule has 0 aliphatic heterocycles. The maximum Gasteiger partial charge on any atom is 0.146 e. The molecular weight excluding hydrogens is 252 g/mol. The van der Waals surface area contributed by atoms with Crippen molar-refractivity contribution in [1.29, 1.82) is 0 Å². The molecule has 4 nitrogen and oxygen atoms in total. The number of hydrogen-bond acceptors (Lipinski definition) is 4. The maximum absolute atomic E-state index is 5.84. The van der Waals surface area contributed by atoms with E-state index in [1.807, 2.05) is 43.4 Å². The Bertz CT molecular complexity index is 701. The molecule has 2 aromatic heterocycles. The molecule has 3 aromatic rings.